The standard InChI is InChI=1S/C16H21NS2/c1-2-6-13(7-3-1)12-17-16(14-8-4-10-18-14)15-9-5-11-19-15/h4-5,8-11,13,16-17H,1-3,6-7,12H2. The zero-order valence-corrected chi connectivity index (χ0v) is 12.8. The summed E-state index contributed by atoms with van der Waals surface area (Å²) in [5.41, 5.74) is 0. The Morgan fingerprint density at radius 3 is 2.16 bits per heavy atom. The molecule has 2 heterocycles. The fourth-order valence-electron chi connectivity index (χ4n) is 2.93. The second kappa shape index (κ2) is 6.69. The van der Waals surface area contributed by atoms with Gasteiger partial charge in [0, 0.05) is 9.75 Å². The first-order chi connectivity index (χ1) is 9.43. The van der Waals surface area contributed by atoms with Gasteiger partial charge in [0.05, 0.1) is 6.04 Å². The van der Waals surface area contributed by atoms with Crippen LogP contribution in [0.3, 0.4) is 0 Å². The zero-order valence-electron chi connectivity index (χ0n) is 11.2. The summed E-state index contributed by atoms with van der Waals surface area (Å²) < 4.78 is 0. The molecule has 0 aromatic carbocycles. The van der Waals surface area contributed by atoms with Crippen LogP contribution in [0, 0.1) is 5.92 Å². The van der Waals surface area contributed by atoms with Crippen molar-refractivity contribution in [1.29, 1.82) is 0 Å². The minimum atomic E-state index is 0.405. The van der Waals surface area contributed by atoms with Gasteiger partial charge in [0.2, 0.25) is 0 Å². The molecule has 0 atom stereocenters. The van der Waals surface area contributed by atoms with Crippen molar-refractivity contribution in [3.63, 3.8) is 0 Å². The quantitative estimate of drug-likeness (QED) is 0.811. The van der Waals surface area contributed by atoms with E-state index in [1.807, 2.05) is 22.7 Å². The molecule has 0 aliphatic heterocycles. The van der Waals surface area contributed by atoms with Crippen LogP contribution in [0.25, 0.3) is 0 Å². The molecular weight excluding hydrogens is 270 g/mol. The maximum atomic E-state index is 3.82. The van der Waals surface area contributed by atoms with Crippen LogP contribution in [-0.2, 0) is 0 Å². The van der Waals surface area contributed by atoms with Crippen molar-refractivity contribution in [2.75, 3.05) is 6.54 Å². The van der Waals surface area contributed by atoms with E-state index in [2.05, 4.69) is 40.3 Å². The molecule has 102 valence electrons. The third kappa shape index (κ3) is 3.47. The zero-order chi connectivity index (χ0) is 12.9. The molecule has 0 amide bonds. The lowest BCUT2D eigenvalue weighted by atomic mass is 9.89. The largest absolute Gasteiger partial charge is 0.305 e. The molecule has 1 N–H and O–H groups in total. The Balaban J connectivity index is 1.66. The molecule has 2 aromatic rings. The summed E-state index contributed by atoms with van der Waals surface area (Å²) in [6.45, 7) is 1.17. The minimum Gasteiger partial charge on any atom is -0.305 e. The summed E-state index contributed by atoms with van der Waals surface area (Å²) in [6.07, 6.45) is 7.11. The van der Waals surface area contributed by atoms with E-state index >= 15 is 0 Å². The van der Waals surface area contributed by atoms with Gasteiger partial charge in [0.25, 0.3) is 0 Å². The second-order valence-electron chi connectivity index (χ2n) is 5.38. The highest BCUT2D eigenvalue weighted by molar-refractivity contribution is 7.11. The van der Waals surface area contributed by atoms with E-state index < -0.39 is 0 Å². The van der Waals surface area contributed by atoms with Crippen molar-refractivity contribution in [2.24, 2.45) is 5.92 Å². The number of nitrogens with one attached hydrogen (secondary N) is 1. The number of thiophene rings is 2. The van der Waals surface area contributed by atoms with Gasteiger partial charge >= 0.3 is 0 Å². The maximum absolute atomic E-state index is 3.82. The Morgan fingerprint density at radius 1 is 1.00 bits per heavy atom. The monoisotopic (exact) mass is 291 g/mol. The molecule has 1 fully saturated rings. The van der Waals surface area contributed by atoms with E-state index in [4.69, 9.17) is 0 Å². The van der Waals surface area contributed by atoms with Crippen LogP contribution in [0.15, 0.2) is 35.0 Å². The molecular formula is C16H21NS2. The molecule has 0 unspecified atom stereocenters. The van der Waals surface area contributed by atoms with Crippen molar-refractivity contribution < 1.29 is 0 Å². The molecule has 0 spiro atoms. The second-order valence-corrected chi connectivity index (χ2v) is 7.33. The molecule has 1 nitrogen and oxygen atoms in total. The molecule has 19 heavy (non-hydrogen) atoms. The van der Waals surface area contributed by atoms with Crippen LogP contribution in [0.4, 0.5) is 0 Å². The van der Waals surface area contributed by atoms with Gasteiger partial charge in [-0.1, -0.05) is 31.4 Å². The van der Waals surface area contributed by atoms with Crippen LogP contribution >= 0.6 is 22.7 Å². The molecule has 1 saturated carbocycles. The molecule has 0 saturated heterocycles. The molecule has 0 radical (unpaired) electrons. The van der Waals surface area contributed by atoms with E-state index in [1.54, 1.807) is 0 Å². The van der Waals surface area contributed by atoms with Crippen LogP contribution in [0.2, 0.25) is 0 Å². The minimum absolute atomic E-state index is 0.405. The van der Waals surface area contributed by atoms with Crippen molar-refractivity contribution >= 4 is 22.7 Å². The number of hydrogen-bond acceptors (Lipinski definition) is 3. The normalized spacial score (nSPS) is 17.1. The highest BCUT2D eigenvalue weighted by Gasteiger charge is 2.19. The molecule has 3 heteroatoms. The maximum Gasteiger partial charge on any atom is 0.0764 e. The Bertz CT molecular complexity index is 421. The topological polar surface area (TPSA) is 12.0 Å². The lowest BCUT2D eigenvalue weighted by Gasteiger charge is -2.24. The van der Waals surface area contributed by atoms with Gasteiger partial charge in [-0.15, -0.1) is 22.7 Å². The van der Waals surface area contributed by atoms with E-state index in [0.29, 0.717) is 6.04 Å². The highest BCUT2D eigenvalue weighted by atomic mass is 32.1. The van der Waals surface area contributed by atoms with Gasteiger partial charge < -0.3 is 5.32 Å². The molecule has 3 rings (SSSR count). The van der Waals surface area contributed by atoms with E-state index in [0.717, 1.165) is 5.92 Å². The molecule has 1 aliphatic rings. The SMILES string of the molecule is c1csc(C(NCC2CCCCC2)c2cccs2)c1. The van der Waals surface area contributed by atoms with E-state index in [9.17, 15) is 0 Å². The fourth-order valence-corrected chi connectivity index (χ4v) is 4.64. The van der Waals surface area contributed by atoms with Crippen molar-refractivity contribution in [3.05, 3.63) is 44.8 Å². The molecule has 2 aromatic heterocycles. The van der Waals surface area contributed by atoms with Crippen LogP contribution in [0.5, 0.6) is 0 Å². The van der Waals surface area contributed by atoms with Gasteiger partial charge in [0.1, 0.15) is 0 Å². The summed E-state index contributed by atoms with van der Waals surface area (Å²) in [7, 11) is 0. The summed E-state index contributed by atoms with van der Waals surface area (Å²) >= 11 is 3.72. The number of rotatable bonds is 5. The van der Waals surface area contributed by atoms with Gasteiger partial charge in [-0.25, -0.2) is 0 Å². The van der Waals surface area contributed by atoms with Crippen molar-refractivity contribution in [2.45, 2.75) is 38.1 Å². The first-order valence-corrected chi connectivity index (χ1v) is 8.99. The van der Waals surface area contributed by atoms with Crippen LogP contribution < -0.4 is 5.32 Å². The summed E-state index contributed by atoms with van der Waals surface area (Å²) in [6, 6.07) is 9.22. The molecule has 1 aliphatic carbocycles. The Labute approximate surface area is 123 Å². The summed E-state index contributed by atoms with van der Waals surface area (Å²) in [4.78, 5) is 2.89. The van der Waals surface area contributed by atoms with Crippen LogP contribution in [-0.4, -0.2) is 6.54 Å². The lowest BCUT2D eigenvalue weighted by molar-refractivity contribution is 0.336. The highest BCUT2D eigenvalue weighted by Crippen LogP contribution is 2.30. The average Bonchev–Trinajstić information content (AvgIpc) is 3.13. The molecule has 0 bridgehead atoms. The van der Waals surface area contributed by atoms with Gasteiger partial charge in [-0.2, -0.15) is 0 Å². The van der Waals surface area contributed by atoms with Crippen LogP contribution in [0.1, 0.15) is 47.9 Å². The first-order valence-electron chi connectivity index (χ1n) is 7.23. The Hall–Kier alpha value is -0.640. The summed E-state index contributed by atoms with van der Waals surface area (Å²) in [5, 5.41) is 8.17. The third-order valence-corrected chi connectivity index (χ3v) is 5.87. The third-order valence-electron chi connectivity index (χ3n) is 3.99. The first kappa shape index (κ1) is 13.3. The fraction of sp³-hybridized carbons (Fsp3) is 0.500. The van der Waals surface area contributed by atoms with Gasteiger partial charge in [-0.3, -0.25) is 0 Å². The number of hydrogen-bond donors (Lipinski definition) is 1. The predicted octanol–water partition coefficient (Wildman–Crippen LogP) is 5.07. The van der Waals surface area contributed by atoms with E-state index in [-0.39, 0.29) is 0 Å². The predicted molar refractivity (Wildman–Crippen MR) is 85.1 cm³/mol. The van der Waals surface area contributed by atoms with Gasteiger partial charge in [0.15, 0.2) is 0 Å². The smallest absolute Gasteiger partial charge is 0.0764 e. The average molecular weight is 291 g/mol. The Morgan fingerprint density at radius 2 is 1.63 bits per heavy atom. The van der Waals surface area contributed by atoms with Crippen molar-refractivity contribution in [3.8, 4) is 0 Å². The van der Waals surface area contributed by atoms with E-state index in [1.165, 1.54) is 48.4 Å². The summed E-state index contributed by atoms with van der Waals surface area (Å²) in [5.74, 6) is 0.885. The Kier molecular flexibility index (Phi) is 4.70. The lowest BCUT2D eigenvalue weighted by Crippen LogP contribution is -2.28. The van der Waals surface area contributed by atoms with Gasteiger partial charge in [-0.05, 0) is 48.2 Å². The van der Waals surface area contributed by atoms with Crippen molar-refractivity contribution in [1.82, 2.24) is 5.32 Å².